The van der Waals surface area contributed by atoms with E-state index >= 15 is 0 Å². The third kappa shape index (κ3) is 2.85. The van der Waals surface area contributed by atoms with Crippen molar-refractivity contribution in [3.8, 4) is 0 Å². The normalized spacial score (nSPS) is 10.3. The molecule has 1 rings (SSSR count). The smallest absolute Gasteiger partial charge is 0.174 e. The van der Waals surface area contributed by atoms with Crippen LogP contribution < -0.4 is 0 Å². The van der Waals surface area contributed by atoms with Gasteiger partial charge in [-0.15, -0.1) is 0 Å². The molecular formula is C9H11NO. The second kappa shape index (κ2) is 4.50. The summed E-state index contributed by atoms with van der Waals surface area (Å²) in [6, 6.07) is 9.70. The van der Waals surface area contributed by atoms with Gasteiger partial charge in [0.1, 0.15) is 0 Å². The van der Waals surface area contributed by atoms with Crippen LogP contribution >= 0.6 is 0 Å². The van der Waals surface area contributed by atoms with Gasteiger partial charge in [-0.25, -0.2) is 4.99 Å². The van der Waals surface area contributed by atoms with E-state index in [0.29, 0.717) is 6.61 Å². The highest BCUT2D eigenvalue weighted by molar-refractivity contribution is 5.55. The van der Waals surface area contributed by atoms with E-state index in [1.165, 1.54) is 6.40 Å². The second-order valence-corrected chi connectivity index (χ2v) is 2.03. The molecule has 1 aromatic rings. The minimum Gasteiger partial charge on any atom is -0.483 e. The molecule has 0 N–H and O–H groups in total. The van der Waals surface area contributed by atoms with E-state index in [-0.39, 0.29) is 0 Å². The first kappa shape index (κ1) is 7.79. The summed E-state index contributed by atoms with van der Waals surface area (Å²) >= 11 is 0. The number of hydrogen-bond acceptors (Lipinski definition) is 2. The van der Waals surface area contributed by atoms with Crippen molar-refractivity contribution >= 4 is 12.1 Å². The molecule has 0 spiro atoms. The Balaban J connectivity index is 2.50. The van der Waals surface area contributed by atoms with Gasteiger partial charge in [0, 0.05) is 0 Å². The van der Waals surface area contributed by atoms with Gasteiger partial charge in [0.05, 0.1) is 12.3 Å². The molecule has 58 valence electrons. The van der Waals surface area contributed by atoms with Crippen molar-refractivity contribution in [1.82, 2.24) is 0 Å². The van der Waals surface area contributed by atoms with Gasteiger partial charge in [-0.3, -0.25) is 0 Å². The molecule has 0 aliphatic carbocycles. The van der Waals surface area contributed by atoms with Gasteiger partial charge in [0.2, 0.25) is 0 Å². The van der Waals surface area contributed by atoms with Gasteiger partial charge < -0.3 is 4.74 Å². The molecule has 0 radical (unpaired) electrons. The maximum Gasteiger partial charge on any atom is 0.174 e. The van der Waals surface area contributed by atoms with Gasteiger partial charge in [-0.05, 0) is 19.1 Å². The molecule has 11 heavy (non-hydrogen) atoms. The maximum atomic E-state index is 4.95. The quantitative estimate of drug-likeness (QED) is 0.477. The highest BCUT2D eigenvalue weighted by Crippen LogP contribution is 2.07. The highest BCUT2D eigenvalue weighted by atomic mass is 16.5. The van der Waals surface area contributed by atoms with Crippen LogP contribution in [0.15, 0.2) is 35.3 Å². The summed E-state index contributed by atoms with van der Waals surface area (Å²) in [5.41, 5.74) is 0.918. The summed E-state index contributed by atoms with van der Waals surface area (Å²) in [6.45, 7) is 2.59. The molecule has 2 heteroatoms. The number of nitrogens with zero attached hydrogens (tertiary/aromatic N) is 1. The summed E-state index contributed by atoms with van der Waals surface area (Å²) in [5, 5.41) is 0. The van der Waals surface area contributed by atoms with Crippen molar-refractivity contribution < 1.29 is 4.74 Å². The predicted octanol–water partition coefficient (Wildman–Crippen LogP) is 2.38. The zero-order valence-corrected chi connectivity index (χ0v) is 6.53. The Kier molecular flexibility index (Phi) is 3.19. The van der Waals surface area contributed by atoms with E-state index in [1.807, 2.05) is 37.3 Å². The van der Waals surface area contributed by atoms with Crippen molar-refractivity contribution in [2.45, 2.75) is 6.92 Å². The molecule has 0 fully saturated rings. The van der Waals surface area contributed by atoms with E-state index in [9.17, 15) is 0 Å². The molecule has 0 amide bonds. The first-order valence-corrected chi connectivity index (χ1v) is 3.62. The van der Waals surface area contributed by atoms with Crippen LogP contribution in [0.1, 0.15) is 6.92 Å². The second-order valence-electron chi connectivity index (χ2n) is 2.03. The monoisotopic (exact) mass is 149 g/mol. The number of hydrogen-bond donors (Lipinski definition) is 0. The molecule has 1 aromatic carbocycles. The molecule has 0 aliphatic heterocycles. The van der Waals surface area contributed by atoms with Gasteiger partial charge >= 0.3 is 0 Å². The van der Waals surface area contributed by atoms with Gasteiger partial charge in [-0.2, -0.15) is 0 Å². The van der Waals surface area contributed by atoms with E-state index in [1.54, 1.807) is 0 Å². The standard InChI is InChI=1S/C9H11NO/c1-2-11-8-10-9-6-4-3-5-7-9/h3-8H,2H2,1H3/b10-8+. The van der Waals surface area contributed by atoms with Gasteiger partial charge in [0.25, 0.3) is 0 Å². The molecular weight excluding hydrogens is 138 g/mol. The van der Waals surface area contributed by atoms with E-state index in [2.05, 4.69) is 4.99 Å². The SMILES string of the molecule is CCO/C=N/c1ccccc1. The van der Waals surface area contributed by atoms with Crippen molar-refractivity contribution in [3.05, 3.63) is 30.3 Å². The minimum absolute atomic E-state index is 0.663. The number of para-hydroxylation sites is 1. The van der Waals surface area contributed by atoms with Gasteiger partial charge in [0.15, 0.2) is 6.40 Å². The van der Waals surface area contributed by atoms with Crippen molar-refractivity contribution in [1.29, 1.82) is 0 Å². The van der Waals surface area contributed by atoms with Crippen LogP contribution in [0.4, 0.5) is 5.69 Å². The molecule has 0 aromatic heterocycles. The summed E-state index contributed by atoms with van der Waals surface area (Å²) in [7, 11) is 0. The summed E-state index contributed by atoms with van der Waals surface area (Å²) in [5.74, 6) is 0. The van der Waals surface area contributed by atoms with Crippen LogP contribution in [0.2, 0.25) is 0 Å². The molecule has 0 saturated carbocycles. The van der Waals surface area contributed by atoms with Crippen LogP contribution in [0.25, 0.3) is 0 Å². The first-order chi connectivity index (χ1) is 5.43. The number of aliphatic imine (C=N–C) groups is 1. The number of benzene rings is 1. The number of rotatable bonds is 3. The highest BCUT2D eigenvalue weighted by Gasteiger charge is 1.81. The lowest BCUT2D eigenvalue weighted by atomic mass is 10.3. The minimum atomic E-state index is 0.663. The van der Waals surface area contributed by atoms with Crippen LogP contribution in [-0.2, 0) is 4.74 Å². The van der Waals surface area contributed by atoms with Crippen LogP contribution in [0, 0.1) is 0 Å². The Morgan fingerprint density at radius 3 is 2.73 bits per heavy atom. The summed E-state index contributed by atoms with van der Waals surface area (Å²) in [4.78, 5) is 4.05. The topological polar surface area (TPSA) is 21.6 Å². The van der Waals surface area contributed by atoms with Crippen LogP contribution in [-0.4, -0.2) is 13.0 Å². The first-order valence-electron chi connectivity index (χ1n) is 3.62. The lowest BCUT2D eigenvalue weighted by Gasteiger charge is -1.92. The fourth-order valence-corrected chi connectivity index (χ4v) is 0.687. The van der Waals surface area contributed by atoms with Crippen molar-refractivity contribution in [3.63, 3.8) is 0 Å². The molecule has 2 nitrogen and oxygen atoms in total. The maximum absolute atomic E-state index is 4.95. The molecule has 0 unspecified atom stereocenters. The van der Waals surface area contributed by atoms with E-state index in [4.69, 9.17) is 4.74 Å². The Morgan fingerprint density at radius 2 is 2.09 bits per heavy atom. The zero-order chi connectivity index (χ0) is 7.94. The molecule has 0 atom stereocenters. The van der Waals surface area contributed by atoms with Crippen LogP contribution in [0.3, 0.4) is 0 Å². The molecule has 0 heterocycles. The lowest BCUT2D eigenvalue weighted by molar-refractivity contribution is 0.344. The fourth-order valence-electron chi connectivity index (χ4n) is 0.687. The molecule has 0 saturated heterocycles. The van der Waals surface area contributed by atoms with Gasteiger partial charge in [-0.1, -0.05) is 18.2 Å². The Hall–Kier alpha value is -1.31. The molecule has 0 aliphatic rings. The average Bonchev–Trinajstić information content (AvgIpc) is 2.07. The van der Waals surface area contributed by atoms with E-state index < -0.39 is 0 Å². The Labute approximate surface area is 66.5 Å². The number of ether oxygens (including phenoxy) is 1. The van der Waals surface area contributed by atoms with Crippen molar-refractivity contribution in [2.75, 3.05) is 6.61 Å². The average molecular weight is 149 g/mol. The van der Waals surface area contributed by atoms with E-state index in [0.717, 1.165) is 5.69 Å². The summed E-state index contributed by atoms with van der Waals surface area (Å²) < 4.78 is 4.95. The largest absolute Gasteiger partial charge is 0.483 e. The van der Waals surface area contributed by atoms with Crippen LogP contribution in [0.5, 0.6) is 0 Å². The zero-order valence-electron chi connectivity index (χ0n) is 6.53. The molecule has 0 bridgehead atoms. The van der Waals surface area contributed by atoms with Crippen molar-refractivity contribution in [2.24, 2.45) is 4.99 Å². The third-order valence-corrected chi connectivity index (χ3v) is 1.20. The lowest BCUT2D eigenvalue weighted by Crippen LogP contribution is -1.83. The Morgan fingerprint density at radius 1 is 1.36 bits per heavy atom. The summed E-state index contributed by atoms with van der Waals surface area (Å²) in [6.07, 6.45) is 1.47. The fraction of sp³-hybridized carbons (Fsp3) is 0.222. The third-order valence-electron chi connectivity index (χ3n) is 1.20. The Bertz CT molecular complexity index is 218. The predicted molar refractivity (Wildman–Crippen MR) is 46.2 cm³/mol.